The second-order valence-electron chi connectivity index (χ2n) is 0. The normalized spacial score (nSPS) is 0. The van der Waals surface area contributed by atoms with Gasteiger partial charge in [0.2, 0.25) is 0 Å². The second-order valence-corrected chi connectivity index (χ2v) is 0. The Bertz CT molecular complexity index is 16.6. The fourth-order valence-electron chi connectivity index (χ4n) is 0. The predicted molar refractivity (Wildman–Crippen MR) is 123 cm³/mol. The van der Waals surface area contributed by atoms with Crippen LogP contribution in [0.3, 0.4) is 0 Å². The summed E-state index contributed by atoms with van der Waals surface area (Å²) in [5.74, 6) is 0. The zero-order chi connectivity index (χ0) is 0. The van der Waals surface area contributed by atoms with Crippen LogP contribution in [0.5, 0.6) is 0 Å². The summed E-state index contributed by atoms with van der Waals surface area (Å²) in [5.41, 5.74) is 0. The first-order chi connectivity index (χ1) is 0. The van der Waals surface area contributed by atoms with Crippen LogP contribution in [-0.2, 0) is 0 Å². The third kappa shape index (κ3) is 118. The summed E-state index contributed by atoms with van der Waals surface area (Å²) in [6.45, 7) is 0. The average Bonchev–Trinajstić information content (AvgIpc) is 0. The first kappa shape index (κ1) is 140. The first-order valence-corrected chi connectivity index (χ1v) is 0. The van der Waals surface area contributed by atoms with Gasteiger partial charge in [0.1, 0.15) is 0 Å². The molecule has 17 heavy (non-hydrogen) atoms. The van der Waals surface area contributed by atoms with Gasteiger partial charge in [0, 0.05) is 0 Å². The van der Waals surface area contributed by atoms with Crippen LogP contribution >= 0.6 is 124 Å². The number of hydrogen-bond acceptors (Lipinski definition) is 0. The topological polar surface area (TPSA) is 0 Å². The van der Waals surface area contributed by atoms with Crippen LogP contribution in [0.2, 0.25) is 0 Å². The van der Waals surface area contributed by atoms with Gasteiger partial charge >= 0.3 is 360 Å². The number of rotatable bonds is 0. The molecular weight excluding hydrogens is 628 g/mol. The Kier molecular flexibility index (Phi) is 1050. The molecule has 0 nitrogen and oxygen atoms in total. The Morgan fingerprint density at radius 3 is 0.118 bits per heavy atom. The summed E-state index contributed by atoms with van der Waals surface area (Å²) in [4.78, 5) is 0. The molecule has 0 aromatic rings. The van der Waals surface area contributed by atoms with E-state index < -0.39 is 0 Å². The van der Waals surface area contributed by atoms with Crippen LogP contribution in [0.4, 0.5) is 0 Å². The molecule has 0 bridgehead atoms. The molecule has 0 aliphatic rings. The molecule has 0 spiro atoms. The van der Waals surface area contributed by atoms with Crippen LogP contribution in [0.1, 0.15) is 0 Å². The van der Waals surface area contributed by atoms with Gasteiger partial charge in [-0.05, 0) is 0 Å². The molecule has 0 radical (unpaired) electrons. The molecule has 0 aromatic carbocycles. The Hall–Kier alpha value is 14.4. The maximum atomic E-state index is 0. The van der Waals surface area contributed by atoms with Gasteiger partial charge in [0.25, 0.3) is 0 Å². The van der Waals surface area contributed by atoms with Gasteiger partial charge in [-0.1, -0.05) is 0 Å². The molecule has 94 valence electrons. The van der Waals surface area contributed by atoms with Gasteiger partial charge in [-0.15, -0.1) is 124 Å². The van der Waals surface area contributed by atoms with Gasteiger partial charge < -0.3 is 0 Å². The third-order valence-corrected chi connectivity index (χ3v) is 0. The van der Waals surface area contributed by atoms with Crippen molar-refractivity contribution in [3.8, 4) is 0 Å². The molecule has 0 saturated heterocycles. The van der Waals surface area contributed by atoms with Gasteiger partial charge in [-0.3, -0.25) is 0 Å². The predicted octanol–water partition coefficient (Wildman–Crippen LogP) is -0.322. The molecule has 0 fully saturated rings. The van der Waals surface area contributed by atoms with E-state index in [1.54, 1.807) is 0 Å². The number of hydrogen-bond donors (Lipinski definition) is 0. The molecular formula is H17Cl10K7. The Labute approximate surface area is 465 Å². The van der Waals surface area contributed by atoms with E-state index in [2.05, 4.69) is 0 Å². The summed E-state index contributed by atoms with van der Waals surface area (Å²) in [5, 5.41) is 0. The van der Waals surface area contributed by atoms with Gasteiger partial charge in [0.15, 0.2) is 0 Å². The van der Waals surface area contributed by atoms with Crippen molar-refractivity contribution < 1.29 is 0 Å². The minimum absolute atomic E-state index is 0. The molecule has 0 rings (SSSR count). The van der Waals surface area contributed by atoms with Crippen molar-refractivity contribution in [3.05, 3.63) is 0 Å². The van der Waals surface area contributed by atoms with E-state index in [0.717, 1.165) is 0 Å². The van der Waals surface area contributed by atoms with Crippen molar-refractivity contribution in [2.45, 2.75) is 0 Å². The van der Waals surface area contributed by atoms with E-state index >= 15 is 0 Å². The van der Waals surface area contributed by atoms with Crippen molar-refractivity contribution in [1.29, 1.82) is 0 Å². The Balaban J connectivity index is 0. The summed E-state index contributed by atoms with van der Waals surface area (Å²) < 4.78 is 0. The van der Waals surface area contributed by atoms with E-state index in [0.29, 0.717) is 0 Å². The average molecular weight is 645 g/mol. The molecule has 0 N–H and O–H groups in total. The minimum atomic E-state index is 0. The van der Waals surface area contributed by atoms with E-state index in [1.165, 1.54) is 0 Å². The van der Waals surface area contributed by atoms with E-state index in [9.17, 15) is 0 Å². The zero-order valence-electron chi connectivity index (χ0n) is 4.08. The summed E-state index contributed by atoms with van der Waals surface area (Å²) in [6, 6.07) is 0. The van der Waals surface area contributed by atoms with Crippen LogP contribution in [0, 0.1) is 0 Å². The fourth-order valence-corrected chi connectivity index (χ4v) is 0. The van der Waals surface area contributed by atoms with Gasteiger partial charge in [0.05, 0.1) is 0 Å². The van der Waals surface area contributed by atoms with Crippen LogP contribution in [0.15, 0.2) is 0 Å². The monoisotopic (exact) mass is 640 g/mol. The molecule has 0 atom stereocenters. The van der Waals surface area contributed by atoms with Crippen LogP contribution < -0.4 is 0 Å². The third-order valence-electron chi connectivity index (χ3n) is 0. The molecule has 0 unspecified atom stereocenters. The van der Waals surface area contributed by atoms with Gasteiger partial charge in [-0.25, -0.2) is 0 Å². The molecule has 0 amide bonds. The Morgan fingerprint density at radius 1 is 0.118 bits per heavy atom. The van der Waals surface area contributed by atoms with Crippen molar-refractivity contribution in [2.75, 3.05) is 0 Å². The van der Waals surface area contributed by atoms with Crippen LogP contribution in [0.25, 0.3) is 0 Å². The molecule has 17 heteroatoms. The van der Waals surface area contributed by atoms with E-state index in [1.807, 2.05) is 0 Å². The first-order valence-electron chi connectivity index (χ1n) is 0. The van der Waals surface area contributed by atoms with E-state index in [-0.39, 0.29) is 484 Å². The maximum absolute atomic E-state index is 0. The second kappa shape index (κ2) is 127. The number of halogens is 10. The van der Waals surface area contributed by atoms with E-state index in [4.69, 9.17) is 0 Å². The summed E-state index contributed by atoms with van der Waals surface area (Å²) in [6.07, 6.45) is 0. The van der Waals surface area contributed by atoms with Crippen molar-refractivity contribution in [1.82, 2.24) is 0 Å². The Morgan fingerprint density at radius 2 is 0.118 bits per heavy atom. The van der Waals surface area contributed by atoms with Gasteiger partial charge in [-0.2, -0.15) is 0 Å². The standard InChI is InChI=1S/10ClH.7K.7H/h10*1H;;;;;;;;;;;;;;. The fraction of sp³-hybridized carbons (Fsp3) is 0. The van der Waals surface area contributed by atoms with Crippen molar-refractivity contribution >= 4 is 484 Å². The SMILES string of the molecule is Cl.Cl.Cl.Cl.Cl.Cl.Cl.Cl.Cl.Cl.[KH].[KH].[KH].[KH].[KH].[KH].[KH]. The molecule has 0 aliphatic carbocycles. The molecule has 0 aromatic heterocycles. The molecule has 0 aliphatic heterocycles. The molecule has 0 heterocycles. The quantitative estimate of drug-likeness (QED) is 0.318. The van der Waals surface area contributed by atoms with Crippen LogP contribution in [-0.4, -0.2) is 360 Å². The zero-order valence-corrected chi connectivity index (χ0v) is 12.2. The molecule has 0 saturated carbocycles. The van der Waals surface area contributed by atoms with Crippen molar-refractivity contribution in [3.63, 3.8) is 0 Å². The summed E-state index contributed by atoms with van der Waals surface area (Å²) >= 11 is 0. The van der Waals surface area contributed by atoms with Crippen molar-refractivity contribution in [2.24, 2.45) is 0 Å². The summed E-state index contributed by atoms with van der Waals surface area (Å²) in [7, 11) is 0.